The van der Waals surface area contributed by atoms with Crippen molar-refractivity contribution >= 4 is 0 Å². The van der Waals surface area contributed by atoms with Gasteiger partial charge in [-0.3, -0.25) is 9.97 Å². The standard InChI is InChI=1S/C15H26N2O8/c18-5-2-6-25-15(23,24)4-1-3-10-7-17-11(8-16-10)13(21)14(22)12(20)9-19/h7-8,12-14,18-24H,1-6,9H2. The van der Waals surface area contributed by atoms with Crippen LogP contribution in [-0.4, -0.2) is 83.7 Å². The van der Waals surface area contributed by atoms with E-state index in [0.29, 0.717) is 25.0 Å². The molecule has 1 aromatic heterocycles. The van der Waals surface area contributed by atoms with E-state index < -0.39 is 30.9 Å². The topological polar surface area (TPSA) is 177 Å². The fourth-order valence-electron chi connectivity index (χ4n) is 2.01. The van der Waals surface area contributed by atoms with E-state index in [-0.39, 0.29) is 25.3 Å². The average molecular weight is 362 g/mol. The maximum absolute atomic E-state index is 9.84. The molecule has 10 heteroatoms. The minimum atomic E-state index is -2.27. The van der Waals surface area contributed by atoms with Gasteiger partial charge in [0.25, 0.3) is 5.97 Å². The zero-order chi connectivity index (χ0) is 18.9. The van der Waals surface area contributed by atoms with Crippen LogP contribution in [0.2, 0.25) is 0 Å². The summed E-state index contributed by atoms with van der Waals surface area (Å²) in [6.45, 7) is -0.778. The van der Waals surface area contributed by atoms with Gasteiger partial charge in [-0.15, -0.1) is 0 Å². The first kappa shape index (κ1) is 21.8. The monoisotopic (exact) mass is 362 g/mol. The van der Waals surface area contributed by atoms with E-state index in [1.807, 2.05) is 0 Å². The average Bonchev–Trinajstić information content (AvgIpc) is 2.60. The van der Waals surface area contributed by atoms with Crippen LogP contribution in [0.1, 0.15) is 36.8 Å². The lowest BCUT2D eigenvalue weighted by Gasteiger charge is -2.21. The second kappa shape index (κ2) is 10.7. The highest BCUT2D eigenvalue weighted by atomic mass is 16.8. The zero-order valence-electron chi connectivity index (χ0n) is 13.8. The Morgan fingerprint density at radius 1 is 1.04 bits per heavy atom. The number of nitrogens with zero attached hydrogens (tertiary/aromatic N) is 2. The highest BCUT2D eigenvalue weighted by Crippen LogP contribution is 2.17. The fourth-order valence-corrected chi connectivity index (χ4v) is 2.01. The Morgan fingerprint density at radius 3 is 2.32 bits per heavy atom. The molecule has 144 valence electrons. The van der Waals surface area contributed by atoms with Crippen molar-refractivity contribution in [1.29, 1.82) is 0 Å². The second-order valence-corrected chi connectivity index (χ2v) is 5.64. The molecule has 0 aromatic carbocycles. The molecule has 0 aliphatic rings. The first-order valence-corrected chi connectivity index (χ1v) is 7.96. The Morgan fingerprint density at radius 2 is 1.76 bits per heavy atom. The normalized spacial score (nSPS) is 15.8. The molecule has 0 saturated heterocycles. The van der Waals surface area contributed by atoms with Crippen molar-refractivity contribution in [1.82, 2.24) is 9.97 Å². The van der Waals surface area contributed by atoms with E-state index in [2.05, 4.69) is 9.97 Å². The summed E-state index contributed by atoms with van der Waals surface area (Å²) in [5.74, 6) is -2.27. The van der Waals surface area contributed by atoms with Crippen LogP contribution in [0, 0.1) is 0 Å². The quantitative estimate of drug-likeness (QED) is 0.156. The summed E-state index contributed by atoms with van der Waals surface area (Å²) in [6, 6.07) is 0. The Hall–Kier alpha value is -1.24. The number of aryl methyl sites for hydroxylation is 1. The fraction of sp³-hybridized carbons (Fsp3) is 0.733. The van der Waals surface area contributed by atoms with Crippen molar-refractivity contribution in [2.75, 3.05) is 19.8 Å². The molecule has 0 aliphatic carbocycles. The Bertz CT molecular complexity index is 485. The van der Waals surface area contributed by atoms with E-state index >= 15 is 0 Å². The first-order chi connectivity index (χ1) is 11.8. The second-order valence-electron chi connectivity index (χ2n) is 5.64. The summed E-state index contributed by atoms with van der Waals surface area (Å²) in [4.78, 5) is 7.99. The molecule has 3 atom stereocenters. The molecule has 1 rings (SSSR count). The minimum Gasteiger partial charge on any atom is -0.396 e. The molecule has 0 aliphatic heterocycles. The molecule has 0 amide bonds. The van der Waals surface area contributed by atoms with Crippen molar-refractivity contribution in [2.24, 2.45) is 0 Å². The third-order valence-corrected chi connectivity index (χ3v) is 3.50. The van der Waals surface area contributed by atoms with Gasteiger partial charge in [0.1, 0.15) is 18.3 Å². The molecule has 3 unspecified atom stereocenters. The highest BCUT2D eigenvalue weighted by Gasteiger charge is 2.27. The maximum Gasteiger partial charge on any atom is 0.277 e. The number of rotatable bonds is 12. The van der Waals surface area contributed by atoms with Crippen molar-refractivity contribution in [2.45, 2.75) is 50.0 Å². The Kier molecular flexibility index (Phi) is 9.32. The van der Waals surface area contributed by atoms with Gasteiger partial charge in [0.05, 0.1) is 30.8 Å². The summed E-state index contributed by atoms with van der Waals surface area (Å²) in [5.41, 5.74) is 0.564. The number of hydrogen-bond donors (Lipinski definition) is 7. The van der Waals surface area contributed by atoms with Crippen molar-refractivity contribution in [3.05, 3.63) is 23.8 Å². The van der Waals surface area contributed by atoms with Crippen LogP contribution >= 0.6 is 0 Å². The molecule has 25 heavy (non-hydrogen) atoms. The van der Waals surface area contributed by atoms with Gasteiger partial charge >= 0.3 is 0 Å². The summed E-state index contributed by atoms with van der Waals surface area (Å²) in [7, 11) is 0. The van der Waals surface area contributed by atoms with Crippen LogP contribution in [0.15, 0.2) is 12.4 Å². The largest absolute Gasteiger partial charge is 0.396 e. The van der Waals surface area contributed by atoms with Gasteiger partial charge in [-0.05, 0) is 19.3 Å². The molecule has 1 aromatic rings. The summed E-state index contributed by atoms with van der Waals surface area (Å²) >= 11 is 0. The van der Waals surface area contributed by atoms with Crippen molar-refractivity contribution in [3.63, 3.8) is 0 Å². The highest BCUT2D eigenvalue weighted by molar-refractivity contribution is 5.07. The third kappa shape index (κ3) is 7.67. The lowest BCUT2D eigenvalue weighted by Crippen LogP contribution is -2.35. The van der Waals surface area contributed by atoms with Crippen LogP contribution in [0.5, 0.6) is 0 Å². The van der Waals surface area contributed by atoms with Crippen molar-refractivity contribution in [3.8, 4) is 0 Å². The van der Waals surface area contributed by atoms with Gasteiger partial charge in [0, 0.05) is 19.2 Å². The van der Waals surface area contributed by atoms with E-state index in [0.717, 1.165) is 0 Å². The lowest BCUT2D eigenvalue weighted by atomic mass is 10.1. The minimum absolute atomic E-state index is 0.0257. The predicted octanol–water partition coefficient (Wildman–Crippen LogP) is -2.42. The molecule has 0 saturated carbocycles. The smallest absolute Gasteiger partial charge is 0.277 e. The molecule has 10 nitrogen and oxygen atoms in total. The molecular formula is C15H26N2O8. The third-order valence-electron chi connectivity index (χ3n) is 3.50. The van der Waals surface area contributed by atoms with E-state index in [4.69, 9.17) is 14.9 Å². The van der Waals surface area contributed by atoms with Crippen LogP contribution in [-0.2, 0) is 11.2 Å². The number of aromatic nitrogens is 2. The van der Waals surface area contributed by atoms with Crippen LogP contribution in [0.3, 0.4) is 0 Å². The summed E-state index contributed by atoms with van der Waals surface area (Å²) in [6.07, 6.45) is -1.04. The number of aliphatic hydroxyl groups is 7. The molecular weight excluding hydrogens is 336 g/mol. The molecule has 7 N–H and O–H groups in total. The number of aliphatic hydroxyl groups excluding tert-OH is 5. The molecule has 0 spiro atoms. The predicted molar refractivity (Wildman–Crippen MR) is 83.9 cm³/mol. The molecule has 0 bridgehead atoms. The van der Waals surface area contributed by atoms with Gasteiger partial charge in [-0.2, -0.15) is 0 Å². The van der Waals surface area contributed by atoms with Gasteiger partial charge in [0.15, 0.2) is 0 Å². The first-order valence-electron chi connectivity index (χ1n) is 7.96. The SMILES string of the molecule is OCCCOC(O)(O)CCCc1cnc(C(O)C(O)C(O)CO)cn1. The lowest BCUT2D eigenvalue weighted by molar-refractivity contribution is -0.341. The van der Waals surface area contributed by atoms with E-state index in [9.17, 15) is 25.5 Å². The maximum atomic E-state index is 9.84. The van der Waals surface area contributed by atoms with E-state index in [1.165, 1.54) is 12.4 Å². The molecule has 0 fully saturated rings. The van der Waals surface area contributed by atoms with Crippen LogP contribution < -0.4 is 0 Å². The van der Waals surface area contributed by atoms with Crippen LogP contribution in [0.4, 0.5) is 0 Å². The molecule has 0 radical (unpaired) electrons. The van der Waals surface area contributed by atoms with Gasteiger partial charge in [-0.1, -0.05) is 0 Å². The van der Waals surface area contributed by atoms with Crippen molar-refractivity contribution < 1.29 is 40.5 Å². The summed E-state index contributed by atoms with van der Waals surface area (Å²) < 4.78 is 4.83. The van der Waals surface area contributed by atoms with Gasteiger partial charge < -0.3 is 40.5 Å². The molecule has 1 heterocycles. The Balaban J connectivity index is 2.46. The van der Waals surface area contributed by atoms with Gasteiger partial charge in [0.2, 0.25) is 0 Å². The zero-order valence-corrected chi connectivity index (χ0v) is 13.8. The van der Waals surface area contributed by atoms with E-state index in [1.54, 1.807) is 0 Å². The van der Waals surface area contributed by atoms with Gasteiger partial charge in [-0.25, -0.2) is 0 Å². The van der Waals surface area contributed by atoms with Crippen LogP contribution in [0.25, 0.3) is 0 Å². The summed E-state index contributed by atoms with van der Waals surface area (Å²) in [5, 5.41) is 65.3. The number of hydrogen-bond acceptors (Lipinski definition) is 10. The number of ether oxygens (including phenoxy) is 1. The Labute approximate surface area is 145 Å².